The number of halogens is 2. The molecule has 2 aliphatic rings. The summed E-state index contributed by atoms with van der Waals surface area (Å²) in [5, 5.41) is 9.42. The molecule has 0 saturated carbocycles. The molecule has 5 rings (SSSR count). The fourth-order valence-corrected chi connectivity index (χ4v) is 5.12. The lowest BCUT2D eigenvalue weighted by Gasteiger charge is -2.34. The average molecular weight is 493 g/mol. The molecule has 4 heterocycles. The van der Waals surface area contributed by atoms with Crippen molar-refractivity contribution in [3.05, 3.63) is 35.6 Å². The fraction of sp³-hybridized carbons (Fsp3) is 0.565. The van der Waals surface area contributed by atoms with Gasteiger partial charge in [0.25, 0.3) is 5.95 Å². The number of piperidine rings is 1. The Labute approximate surface area is 203 Å². The number of hydrogen-bond donors (Lipinski definition) is 0. The van der Waals surface area contributed by atoms with Crippen molar-refractivity contribution in [2.75, 3.05) is 33.3 Å². The third-order valence-corrected chi connectivity index (χ3v) is 6.88. The van der Waals surface area contributed by atoms with Crippen molar-refractivity contribution < 1.29 is 18.4 Å². The molecular weight excluding hydrogens is 463 g/mol. The SMILES string of the molecule is CCc1nn(-c2noc(C3CCN(C[C@H]4CCCN4C(=O)OC)CC3)n2)c2c(F)cccc12.Cl. The van der Waals surface area contributed by atoms with Crippen molar-refractivity contribution in [2.45, 2.75) is 51.0 Å². The highest BCUT2D eigenvalue weighted by Gasteiger charge is 2.33. The van der Waals surface area contributed by atoms with Gasteiger partial charge in [0.2, 0.25) is 5.89 Å². The normalized spacial score (nSPS) is 19.5. The predicted molar refractivity (Wildman–Crippen MR) is 126 cm³/mol. The van der Waals surface area contributed by atoms with Crippen molar-refractivity contribution in [1.82, 2.24) is 29.7 Å². The van der Waals surface area contributed by atoms with E-state index in [1.807, 2.05) is 17.9 Å². The number of hydrogen-bond acceptors (Lipinski definition) is 7. The first-order valence-electron chi connectivity index (χ1n) is 11.7. The van der Waals surface area contributed by atoms with Gasteiger partial charge >= 0.3 is 6.09 Å². The molecule has 0 N–H and O–H groups in total. The van der Waals surface area contributed by atoms with E-state index in [1.54, 1.807) is 6.07 Å². The Morgan fingerprint density at radius 2 is 2.03 bits per heavy atom. The minimum atomic E-state index is -0.354. The van der Waals surface area contributed by atoms with Gasteiger partial charge in [-0.2, -0.15) is 14.8 Å². The molecule has 0 aliphatic carbocycles. The van der Waals surface area contributed by atoms with Crippen molar-refractivity contribution in [1.29, 1.82) is 0 Å². The number of amides is 1. The second-order valence-corrected chi connectivity index (χ2v) is 8.82. The van der Waals surface area contributed by atoms with E-state index >= 15 is 0 Å². The van der Waals surface area contributed by atoms with Crippen LogP contribution in [0.15, 0.2) is 22.7 Å². The number of para-hydroxylation sites is 1. The van der Waals surface area contributed by atoms with Crippen molar-refractivity contribution in [3.8, 4) is 5.95 Å². The lowest BCUT2D eigenvalue weighted by atomic mass is 9.96. The Hall–Kier alpha value is -2.72. The van der Waals surface area contributed by atoms with Crippen LogP contribution in [0.25, 0.3) is 16.9 Å². The van der Waals surface area contributed by atoms with Crippen LogP contribution >= 0.6 is 12.4 Å². The number of aryl methyl sites for hydroxylation is 1. The highest BCUT2D eigenvalue weighted by Crippen LogP contribution is 2.30. The van der Waals surface area contributed by atoms with Crippen molar-refractivity contribution in [2.24, 2.45) is 0 Å². The Balaban J connectivity index is 0.00000274. The molecule has 184 valence electrons. The third kappa shape index (κ3) is 4.48. The number of aromatic nitrogens is 4. The lowest BCUT2D eigenvalue weighted by Crippen LogP contribution is -2.45. The van der Waals surface area contributed by atoms with E-state index in [0.717, 1.165) is 62.9 Å². The van der Waals surface area contributed by atoms with Crippen LogP contribution in [0, 0.1) is 5.82 Å². The monoisotopic (exact) mass is 492 g/mol. The summed E-state index contributed by atoms with van der Waals surface area (Å²) in [4.78, 5) is 20.8. The molecule has 0 spiro atoms. The van der Waals surface area contributed by atoms with Gasteiger partial charge in [-0.15, -0.1) is 12.4 Å². The molecule has 3 aromatic rings. The maximum absolute atomic E-state index is 14.6. The van der Waals surface area contributed by atoms with Crippen LogP contribution in [-0.2, 0) is 11.2 Å². The molecule has 0 unspecified atom stereocenters. The van der Waals surface area contributed by atoms with Crippen LogP contribution in [-0.4, -0.2) is 75.1 Å². The lowest BCUT2D eigenvalue weighted by molar-refractivity contribution is 0.101. The number of ether oxygens (including phenoxy) is 1. The summed E-state index contributed by atoms with van der Waals surface area (Å²) in [6.45, 7) is 5.40. The Kier molecular flexibility index (Phi) is 7.37. The minimum absolute atomic E-state index is 0. The van der Waals surface area contributed by atoms with Gasteiger partial charge in [-0.25, -0.2) is 9.18 Å². The number of carbonyl (C=O) groups is 1. The molecule has 9 nitrogen and oxygen atoms in total. The van der Waals surface area contributed by atoms with E-state index in [2.05, 4.69) is 20.1 Å². The van der Waals surface area contributed by atoms with Gasteiger partial charge in [0.1, 0.15) is 11.3 Å². The fourth-order valence-electron chi connectivity index (χ4n) is 5.12. The molecular formula is C23H30ClFN6O3. The van der Waals surface area contributed by atoms with E-state index in [1.165, 1.54) is 17.9 Å². The quantitative estimate of drug-likeness (QED) is 0.532. The second-order valence-electron chi connectivity index (χ2n) is 8.82. The standard InChI is InChI=1S/C23H29FN6O3.ClH/c1-3-19-17-7-4-8-18(24)20(17)30(26-19)22-25-21(33-27-22)15-9-12-28(13-10-15)14-16-6-5-11-29(16)23(31)32-2;/h4,7-8,15-16H,3,5-6,9-14H2,1-2H3;1H/t16-;/m1./s1. The first kappa shape index (κ1) is 24.4. The summed E-state index contributed by atoms with van der Waals surface area (Å²) < 4.78 is 26.5. The van der Waals surface area contributed by atoms with Gasteiger partial charge in [-0.05, 0) is 56.4 Å². The Morgan fingerprint density at radius 3 is 2.76 bits per heavy atom. The molecule has 11 heteroatoms. The summed E-state index contributed by atoms with van der Waals surface area (Å²) in [6.07, 6.45) is 4.26. The van der Waals surface area contributed by atoms with E-state index in [0.29, 0.717) is 17.8 Å². The van der Waals surface area contributed by atoms with Crippen LogP contribution in [0.2, 0.25) is 0 Å². The molecule has 1 amide bonds. The van der Waals surface area contributed by atoms with Gasteiger partial charge in [-0.1, -0.05) is 19.1 Å². The van der Waals surface area contributed by atoms with Crippen LogP contribution in [0.5, 0.6) is 0 Å². The van der Waals surface area contributed by atoms with Crippen LogP contribution < -0.4 is 0 Å². The number of methoxy groups -OCH3 is 1. The van der Waals surface area contributed by atoms with Gasteiger partial charge < -0.3 is 19.1 Å². The molecule has 2 saturated heterocycles. The van der Waals surface area contributed by atoms with Gasteiger partial charge in [0.05, 0.1) is 12.8 Å². The molecule has 2 aliphatic heterocycles. The largest absolute Gasteiger partial charge is 0.453 e. The highest BCUT2D eigenvalue weighted by molar-refractivity contribution is 5.85. The van der Waals surface area contributed by atoms with Crippen LogP contribution in [0.1, 0.15) is 50.1 Å². The molecule has 0 radical (unpaired) electrons. The zero-order valence-corrected chi connectivity index (χ0v) is 20.3. The van der Waals surface area contributed by atoms with E-state index in [9.17, 15) is 9.18 Å². The maximum Gasteiger partial charge on any atom is 0.409 e. The number of nitrogens with zero attached hydrogens (tertiary/aromatic N) is 6. The zero-order valence-electron chi connectivity index (χ0n) is 19.4. The van der Waals surface area contributed by atoms with Crippen molar-refractivity contribution in [3.63, 3.8) is 0 Å². The van der Waals surface area contributed by atoms with Crippen LogP contribution in [0.3, 0.4) is 0 Å². The van der Waals surface area contributed by atoms with Gasteiger partial charge in [0.15, 0.2) is 0 Å². The van der Waals surface area contributed by atoms with Crippen LogP contribution in [0.4, 0.5) is 9.18 Å². The number of rotatable bonds is 5. The number of likely N-dealkylation sites (tertiary alicyclic amines) is 2. The summed E-state index contributed by atoms with van der Waals surface area (Å²) in [5.41, 5.74) is 1.18. The second kappa shape index (κ2) is 10.3. The first-order valence-corrected chi connectivity index (χ1v) is 11.7. The van der Waals surface area contributed by atoms with E-state index in [4.69, 9.17) is 9.26 Å². The van der Waals surface area contributed by atoms with Gasteiger partial charge in [-0.3, -0.25) is 0 Å². The third-order valence-electron chi connectivity index (χ3n) is 6.88. The summed E-state index contributed by atoms with van der Waals surface area (Å²) in [5.74, 6) is 0.633. The summed E-state index contributed by atoms with van der Waals surface area (Å²) >= 11 is 0. The maximum atomic E-state index is 14.6. The minimum Gasteiger partial charge on any atom is -0.453 e. The molecule has 2 fully saturated rings. The molecule has 1 atom stereocenters. The average Bonchev–Trinajstić information content (AvgIpc) is 3.58. The molecule has 0 bridgehead atoms. The number of fused-ring (bicyclic) bond motifs is 1. The number of benzene rings is 1. The van der Waals surface area contributed by atoms with E-state index in [-0.39, 0.29) is 42.2 Å². The Morgan fingerprint density at radius 1 is 1.24 bits per heavy atom. The summed E-state index contributed by atoms with van der Waals surface area (Å²) in [7, 11) is 1.44. The highest BCUT2D eigenvalue weighted by atomic mass is 35.5. The van der Waals surface area contributed by atoms with E-state index < -0.39 is 0 Å². The zero-order chi connectivity index (χ0) is 22.9. The summed E-state index contributed by atoms with van der Waals surface area (Å²) in [6, 6.07) is 5.18. The number of carbonyl (C=O) groups excluding carboxylic acids is 1. The first-order chi connectivity index (χ1) is 16.1. The topological polar surface area (TPSA) is 89.5 Å². The predicted octanol–water partition coefficient (Wildman–Crippen LogP) is 3.94. The molecule has 2 aromatic heterocycles. The smallest absolute Gasteiger partial charge is 0.409 e. The molecule has 1 aromatic carbocycles. The Bertz CT molecular complexity index is 1140. The van der Waals surface area contributed by atoms with Crippen molar-refractivity contribution >= 4 is 29.4 Å². The molecule has 34 heavy (non-hydrogen) atoms. The van der Waals surface area contributed by atoms with Gasteiger partial charge in [0, 0.05) is 30.4 Å².